The quantitative estimate of drug-likeness (QED) is 0.843. The summed E-state index contributed by atoms with van der Waals surface area (Å²) in [5, 5.41) is 1.07. The van der Waals surface area contributed by atoms with E-state index in [2.05, 4.69) is 35.7 Å². The highest BCUT2D eigenvalue weighted by Crippen LogP contribution is 2.31. The third-order valence-corrected chi connectivity index (χ3v) is 6.38. The number of nitrogens with zero attached hydrogens (tertiary/aromatic N) is 3. The molecule has 2 atom stereocenters. The summed E-state index contributed by atoms with van der Waals surface area (Å²) in [6.07, 6.45) is 3.62. The van der Waals surface area contributed by atoms with Gasteiger partial charge in [0.25, 0.3) is 5.91 Å². The molecular weight excluding hydrogens is 282 g/mol. The first kappa shape index (κ1) is 15.0. The Morgan fingerprint density at radius 3 is 2.67 bits per heavy atom. The summed E-state index contributed by atoms with van der Waals surface area (Å²) in [5.74, 6) is 0.583. The predicted octanol–water partition coefficient (Wildman–Crippen LogP) is 2.88. The Bertz CT molecular complexity index is 540. The van der Waals surface area contributed by atoms with Gasteiger partial charge in [-0.25, -0.2) is 4.98 Å². The first-order valence-corrected chi connectivity index (χ1v) is 8.77. The number of aryl methyl sites for hydroxylation is 1. The summed E-state index contributed by atoms with van der Waals surface area (Å²) >= 11 is 1.58. The molecule has 5 heteroatoms. The molecule has 0 spiro atoms. The van der Waals surface area contributed by atoms with E-state index < -0.39 is 0 Å². The third kappa shape index (κ3) is 2.73. The lowest BCUT2D eigenvalue weighted by atomic mass is 10.1. The Morgan fingerprint density at radius 2 is 2.00 bits per heavy atom. The van der Waals surface area contributed by atoms with Crippen LogP contribution in [-0.4, -0.2) is 52.9 Å². The van der Waals surface area contributed by atoms with Crippen LogP contribution in [0.4, 0.5) is 0 Å². The second-order valence-corrected chi connectivity index (χ2v) is 7.74. The SMILES string of the molecule is Cc1nc(C(C)C)sc1C(=O)N1CC[C@H]2CC[C@@H](C1)N2C. The highest BCUT2D eigenvalue weighted by Gasteiger charge is 2.36. The fourth-order valence-electron chi connectivity index (χ4n) is 3.50. The molecule has 0 radical (unpaired) electrons. The van der Waals surface area contributed by atoms with Crippen LogP contribution >= 0.6 is 11.3 Å². The summed E-state index contributed by atoms with van der Waals surface area (Å²) in [5.41, 5.74) is 0.900. The van der Waals surface area contributed by atoms with Gasteiger partial charge in [0.15, 0.2) is 0 Å². The van der Waals surface area contributed by atoms with Crippen LogP contribution in [-0.2, 0) is 0 Å². The van der Waals surface area contributed by atoms with Crippen LogP contribution in [0.1, 0.15) is 59.4 Å². The van der Waals surface area contributed by atoms with E-state index in [1.807, 2.05) is 6.92 Å². The average molecular weight is 307 g/mol. The van der Waals surface area contributed by atoms with E-state index in [-0.39, 0.29) is 5.91 Å². The molecule has 4 nitrogen and oxygen atoms in total. The molecule has 0 aromatic carbocycles. The van der Waals surface area contributed by atoms with E-state index in [0.717, 1.165) is 35.1 Å². The summed E-state index contributed by atoms with van der Waals surface area (Å²) in [6, 6.07) is 1.21. The lowest BCUT2D eigenvalue weighted by molar-refractivity contribution is 0.0744. The molecule has 0 unspecified atom stereocenters. The van der Waals surface area contributed by atoms with Crippen molar-refractivity contribution >= 4 is 17.2 Å². The zero-order valence-electron chi connectivity index (χ0n) is 13.4. The van der Waals surface area contributed by atoms with Crippen molar-refractivity contribution in [1.82, 2.24) is 14.8 Å². The van der Waals surface area contributed by atoms with Gasteiger partial charge in [0.1, 0.15) is 4.88 Å². The minimum absolute atomic E-state index is 0.192. The lowest BCUT2D eigenvalue weighted by Gasteiger charge is -2.25. The first-order chi connectivity index (χ1) is 9.97. The van der Waals surface area contributed by atoms with Gasteiger partial charge >= 0.3 is 0 Å². The van der Waals surface area contributed by atoms with Crippen molar-refractivity contribution < 1.29 is 4.79 Å². The maximum Gasteiger partial charge on any atom is 0.265 e. The van der Waals surface area contributed by atoms with Gasteiger partial charge in [-0.05, 0) is 33.2 Å². The van der Waals surface area contributed by atoms with Crippen molar-refractivity contribution in [2.75, 3.05) is 20.1 Å². The molecule has 1 aromatic heterocycles. The Kier molecular flexibility index (Phi) is 4.06. The van der Waals surface area contributed by atoms with E-state index in [0.29, 0.717) is 18.0 Å². The molecule has 1 aromatic rings. The first-order valence-electron chi connectivity index (χ1n) is 7.96. The molecule has 2 bridgehead atoms. The number of likely N-dealkylation sites (tertiary alicyclic amines) is 1. The van der Waals surface area contributed by atoms with Crippen molar-refractivity contribution in [2.24, 2.45) is 0 Å². The van der Waals surface area contributed by atoms with Gasteiger partial charge in [0, 0.05) is 31.1 Å². The number of fused-ring (bicyclic) bond motifs is 2. The topological polar surface area (TPSA) is 36.4 Å². The lowest BCUT2D eigenvalue weighted by Crippen LogP contribution is -2.39. The Morgan fingerprint density at radius 1 is 1.29 bits per heavy atom. The minimum atomic E-state index is 0.192. The van der Waals surface area contributed by atoms with Gasteiger partial charge in [-0.1, -0.05) is 13.8 Å². The number of likely N-dealkylation sites (N-methyl/N-ethyl adjacent to an activating group) is 1. The second kappa shape index (κ2) is 5.69. The van der Waals surface area contributed by atoms with Crippen LogP contribution in [0.25, 0.3) is 0 Å². The van der Waals surface area contributed by atoms with Gasteiger partial charge < -0.3 is 4.90 Å². The van der Waals surface area contributed by atoms with Gasteiger partial charge in [-0.3, -0.25) is 9.69 Å². The molecule has 21 heavy (non-hydrogen) atoms. The smallest absolute Gasteiger partial charge is 0.265 e. The largest absolute Gasteiger partial charge is 0.336 e. The van der Waals surface area contributed by atoms with Crippen molar-refractivity contribution in [3.05, 3.63) is 15.6 Å². The van der Waals surface area contributed by atoms with Crippen LogP contribution in [0.5, 0.6) is 0 Å². The highest BCUT2D eigenvalue weighted by molar-refractivity contribution is 7.13. The molecule has 2 aliphatic heterocycles. The monoisotopic (exact) mass is 307 g/mol. The number of rotatable bonds is 2. The van der Waals surface area contributed by atoms with E-state index in [1.54, 1.807) is 11.3 Å². The molecule has 0 aliphatic carbocycles. The molecule has 1 amide bonds. The third-order valence-electron chi connectivity index (χ3n) is 4.94. The van der Waals surface area contributed by atoms with Crippen LogP contribution in [0.3, 0.4) is 0 Å². The zero-order chi connectivity index (χ0) is 15.1. The number of amides is 1. The normalized spacial score (nSPS) is 26.4. The molecule has 116 valence electrons. The Labute approximate surface area is 131 Å². The fourth-order valence-corrected chi connectivity index (χ4v) is 4.54. The van der Waals surface area contributed by atoms with Gasteiger partial charge in [0.2, 0.25) is 0 Å². The standard InChI is InChI=1S/C16H25N3OS/c1-10(2)15-17-11(3)14(21-15)16(20)19-8-7-12-5-6-13(9-19)18(12)4/h10,12-13H,5-9H2,1-4H3/t12-,13+/m1/s1. The van der Waals surface area contributed by atoms with Gasteiger partial charge in [-0.2, -0.15) is 0 Å². The maximum absolute atomic E-state index is 12.9. The van der Waals surface area contributed by atoms with Crippen LogP contribution in [0.2, 0.25) is 0 Å². The number of carbonyl (C=O) groups excluding carboxylic acids is 1. The van der Waals surface area contributed by atoms with Crippen molar-refractivity contribution in [3.8, 4) is 0 Å². The summed E-state index contributed by atoms with van der Waals surface area (Å²) in [7, 11) is 2.21. The number of thiazole rings is 1. The molecular formula is C16H25N3OS. The average Bonchev–Trinajstić information content (AvgIpc) is 2.90. The van der Waals surface area contributed by atoms with Crippen molar-refractivity contribution in [3.63, 3.8) is 0 Å². The molecule has 2 saturated heterocycles. The van der Waals surface area contributed by atoms with Crippen LogP contribution in [0.15, 0.2) is 0 Å². The van der Waals surface area contributed by atoms with E-state index in [9.17, 15) is 4.79 Å². The van der Waals surface area contributed by atoms with E-state index in [4.69, 9.17) is 0 Å². The molecule has 3 heterocycles. The molecule has 3 rings (SSSR count). The number of hydrogen-bond acceptors (Lipinski definition) is 4. The molecule has 2 fully saturated rings. The van der Waals surface area contributed by atoms with E-state index in [1.165, 1.54) is 12.8 Å². The maximum atomic E-state index is 12.9. The zero-order valence-corrected chi connectivity index (χ0v) is 14.2. The summed E-state index contributed by atoms with van der Waals surface area (Å²) in [4.78, 5) is 22.8. The van der Waals surface area contributed by atoms with E-state index >= 15 is 0 Å². The number of hydrogen-bond donors (Lipinski definition) is 0. The molecule has 0 saturated carbocycles. The predicted molar refractivity (Wildman–Crippen MR) is 86.0 cm³/mol. The Hall–Kier alpha value is -0.940. The summed E-state index contributed by atoms with van der Waals surface area (Å²) in [6.45, 7) is 7.99. The molecule has 2 aliphatic rings. The van der Waals surface area contributed by atoms with Gasteiger partial charge in [-0.15, -0.1) is 11.3 Å². The van der Waals surface area contributed by atoms with Crippen LogP contribution < -0.4 is 0 Å². The van der Waals surface area contributed by atoms with Gasteiger partial charge in [0.05, 0.1) is 10.7 Å². The van der Waals surface area contributed by atoms with Crippen molar-refractivity contribution in [2.45, 2.75) is 58.0 Å². The Balaban J connectivity index is 1.79. The highest BCUT2D eigenvalue weighted by atomic mass is 32.1. The fraction of sp³-hybridized carbons (Fsp3) is 0.750. The minimum Gasteiger partial charge on any atom is -0.336 e. The number of aromatic nitrogens is 1. The molecule has 0 N–H and O–H groups in total. The second-order valence-electron chi connectivity index (χ2n) is 6.71. The number of carbonyl (C=O) groups is 1. The van der Waals surface area contributed by atoms with Crippen LogP contribution in [0, 0.1) is 6.92 Å². The summed E-state index contributed by atoms with van der Waals surface area (Å²) < 4.78 is 0. The van der Waals surface area contributed by atoms with Crippen molar-refractivity contribution in [1.29, 1.82) is 0 Å².